The summed E-state index contributed by atoms with van der Waals surface area (Å²) in [5.41, 5.74) is 5.40. The minimum atomic E-state index is -0.862. The van der Waals surface area contributed by atoms with Crippen molar-refractivity contribution >= 4 is 12.1 Å². The molecular weight excluding hydrogens is 406 g/mol. The number of benzene rings is 3. The molecule has 1 amide bonds. The highest BCUT2D eigenvalue weighted by Gasteiger charge is 2.29. The third-order valence-corrected chi connectivity index (χ3v) is 5.61. The molecule has 0 fully saturated rings. The topological polar surface area (TPSA) is 84.9 Å². The highest BCUT2D eigenvalue weighted by Crippen LogP contribution is 2.44. The van der Waals surface area contributed by atoms with Crippen LogP contribution in [-0.4, -0.2) is 36.9 Å². The summed E-state index contributed by atoms with van der Waals surface area (Å²) in [7, 11) is 0. The molecule has 0 radical (unpaired) electrons. The zero-order valence-electron chi connectivity index (χ0n) is 17.6. The average molecular weight is 431 g/mol. The predicted octanol–water partition coefficient (Wildman–Crippen LogP) is 3.88. The minimum Gasteiger partial charge on any atom is -0.460 e. The summed E-state index contributed by atoms with van der Waals surface area (Å²) in [6.45, 7) is -0.207. The molecule has 4 rings (SSSR count). The molecule has 1 aliphatic carbocycles. The normalized spacial score (nSPS) is 13.0. The van der Waals surface area contributed by atoms with Gasteiger partial charge in [0.2, 0.25) is 0 Å². The van der Waals surface area contributed by atoms with Crippen molar-refractivity contribution in [3.63, 3.8) is 0 Å². The molecule has 1 atom stereocenters. The van der Waals surface area contributed by atoms with Crippen LogP contribution in [0, 0.1) is 5.92 Å². The van der Waals surface area contributed by atoms with E-state index in [1.807, 2.05) is 66.7 Å². The predicted molar refractivity (Wildman–Crippen MR) is 120 cm³/mol. The Kier molecular flexibility index (Phi) is 6.82. The van der Waals surface area contributed by atoms with Gasteiger partial charge in [-0.25, -0.2) is 4.79 Å². The van der Waals surface area contributed by atoms with Gasteiger partial charge >= 0.3 is 12.1 Å². The van der Waals surface area contributed by atoms with Gasteiger partial charge in [-0.05, 0) is 27.8 Å². The number of aliphatic hydroxyl groups is 1. The summed E-state index contributed by atoms with van der Waals surface area (Å²) in [6, 6.07) is 25.5. The Bertz CT molecular complexity index is 1040. The molecule has 0 saturated heterocycles. The molecule has 0 bridgehead atoms. The first-order chi connectivity index (χ1) is 15.7. The maximum absolute atomic E-state index is 12.3. The molecule has 0 aliphatic heterocycles. The van der Waals surface area contributed by atoms with Gasteiger partial charge in [0, 0.05) is 12.5 Å². The molecule has 3 aromatic rings. The van der Waals surface area contributed by atoms with Crippen molar-refractivity contribution in [2.45, 2.75) is 12.5 Å². The molecule has 0 aromatic heterocycles. The monoisotopic (exact) mass is 431 g/mol. The number of carbonyl (C=O) groups is 2. The Morgan fingerprint density at radius 2 is 1.44 bits per heavy atom. The number of alkyl carbamates (subject to hydrolysis) is 1. The summed E-state index contributed by atoms with van der Waals surface area (Å²) in [5, 5.41) is 12.1. The number of nitrogens with one attached hydrogen (secondary N) is 1. The lowest BCUT2D eigenvalue weighted by Gasteiger charge is -2.17. The quantitative estimate of drug-likeness (QED) is 0.529. The van der Waals surface area contributed by atoms with Gasteiger partial charge < -0.3 is 19.9 Å². The van der Waals surface area contributed by atoms with Crippen LogP contribution in [0.3, 0.4) is 0 Å². The van der Waals surface area contributed by atoms with Crippen molar-refractivity contribution in [1.82, 2.24) is 5.32 Å². The lowest BCUT2D eigenvalue weighted by molar-refractivity contribution is -0.151. The number of aliphatic hydroxyl groups excluding tert-OH is 1. The Hall–Kier alpha value is -3.64. The third-order valence-electron chi connectivity index (χ3n) is 5.61. The fourth-order valence-corrected chi connectivity index (χ4v) is 3.92. The Labute approximate surface area is 186 Å². The van der Waals surface area contributed by atoms with Crippen LogP contribution in [0.1, 0.15) is 22.6 Å². The SMILES string of the molecule is O=C(NC[C@H](CO)C(=O)OCc1ccccc1)OCC1c2ccccc2-c2ccccc21. The van der Waals surface area contributed by atoms with Crippen LogP contribution in [0.2, 0.25) is 0 Å². The maximum Gasteiger partial charge on any atom is 0.407 e. The van der Waals surface area contributed by atoms with E-state index in [-0.39, 0.29) is 25.7 Å². The Morgan fingerprint density at radius 3 is 2.06 bits per heavy atom. The maximum atomic E-state index is 12.3. The molecule has 3 aromatic carbocycles. The van der Waals surface area contributed by atoms with Crippen LogP contribution < -0.4 is 5.32 Å². The van der Waals surface area contributed by atoms with Gasteiger partial charge in [0.15, 0.2) is 0 Å². The van der Waals surface area contributed by atoms with Crippen LogP contribution in [0.5, 0.6) is 0 Å². The standard InChI is InChI=1S/C26H25NO5/c28-15-19(25(29)31-16-18-8-2-1-3-9-18)14-27-26(30)32-17-24-22-12-6-4-10-20(22)21-11-5-7-13-23(21)24/h1-13,19,24,28H,14-17H2,(H,27,30)/t19-/m1/s1. The molecule has 6 heteroatoms. The van der Waals surface area contributed by atoms with Gasteiger partial charge in [0.25, 0.3) is 0 Å². The fraction of sp³-hybridized carbons (Fsp3) is 0.231. The van der Waals surface area contributed by atoms with Crippen molar-refractivity contribution in [3.05, 3.63) is 95.6 Å². The largest absolute Gasteiger partial charge is 0.460 e. The summed E-state index contributed by atoms with van der Waals surface area (Å²) >= 11 is 0. The second kappa shape index (κ2) is 10.1. The molecule has 0 saturated carbocycles. The number of fused-ring (bicyclic) bond motifs is 3. The zero-order chi connectivity index (χ0) is 22.3. The van der Waals surface area contributed by atoms with Crippen LogP contribution in [0.15, 0.2) is 78.9 Å². The lowest BCUT2D eigenvalue weighted by Crippen LogP contribution is -2.36. The van der Waals surface area contributed by atoms with E-state index in [1.54, 1.807) is 0 Å². The number of hydrogen-bond acceptors (Lipinski definition) is 5. The van der Waals surface area contributed by atoms with Gasteiger partial charge in [-0.15, -0.1) is 0 Å². The molecule has 2 N–H and O–H groups in total. The van der Waals surface area contributed by atoms with E-state index in [0.717, 1.165) is 27.8 Å². The van der Waals surface area contributed by atoms with E-state index in [1.165, 1.54) is 0 Å². The Balaban J connectivity index is 1.29. The summed E-state index contributed by atoms with van der Waals surface area (Å²) < 4.78 is 10.7. The number of carbonyl (C=O) groups excluding carboxylic acids is 2. The number of rotatable bonds is 8. The molecule has 32 heavy (non-hydrogen) atoms. The highest BCUT2D eigenvalue weighted by molar-refractivity contribution is 5.79. The molecule has 0 heterocycles. The summed E-state index contributed by atoms with van der Waals surface area (Å²) in [5.74, 6) is -1.48. The fourth-order valence-electron chi connectivity index (χ4n) is 3.92. The van der Waals surface area contributed by atoms with E-state index < -0.39 is 24.6 Å². The molecule has 1 aliphatic rings. The van der Waals surface area contributed by atoms with Crippen LogP contribution in [0.25, 0.3) is 11.1 Å². The van der Waals surface area contributed by atoms with E-state index in [0.29, 0.717) is 0 Å². The van der Waals surface area contributed by atoms with E-state index >= 15 is 0 Å². The van der Waals surface area contributed by atoms with Crippen LogP contribution in [-0.2, 0) is 20.9 Å². The summed E-state index contributed by atoms with van der Waals surface area (Å²) in [4.78, 5) is 24.5. The van der Waals surface area contributed by atoms with Crippen molar-refractivity contribution in [3.8, 4) is 11.1 Å². The molecule has 164 valence electrons. The average Bonchev–Trinajstić information content (AvgIpc) is 3.16. The highest BCUT2D eigenvalue weighted by atomic mass is 16.5. The molecule has 6 nitrogen and oxygen atoms in total. The van der Waals surface area contributed by atoms with Crippen molar-refractivity contribution in [1.29, 1.82) is 0 Å². The number of amides is 1. The molecule has 0 unspecified atom stereocenters. The van der Waals surface area contributed by atoms with Gasteiger partial charge in [-0.2, -0.15) is 0 Å². The first-order valence-electron chi connectivity index (χ1n) is 10.6. The number of esters is 1. The molecular formula is C26H25NO5. The minimum absolute atomic E-state index is 0.0439. The number of ether oxygens (including phenoxy) is 2. The first-order valence-corrected chi connectivity index (χ1v) is 10.6. The second-order valence-corrected chi connectivity index (χ2v) is 7.68. The van der Waals surface area contributed by atoms with Crippen molar-refractivity contribution in [2.75, 3.05) is 19.8 Å². The van der Waals surface area contributed by atoms with Crippen LogP contribution in [0.4, 0.5) is 4.79 Å². The van der Waals surface area contributed by atoms with Crippen molar-refractivity contribution < 1.29 is 24.2 Å². The summed E-state index contributed by atoms with van der Waals surface area (Å²) in [6.07, 6.45) is -0.638. The van der Waals surface area contributed by atoms with E-state index in [9.17, 15) is 14.7 Å². The van der Waals surface area contributed by atoms with Gasteiger partial charge in [-0.1, -0.05) is 78.9 Å². The zero-order valence-corrected chi connectivity index (χ0v) is 17.6. The van der Waals surface area contributed by atoms with Gasteiger partial charge in [0.05, 0.1) is 12.5 Å². The number of hydrogen-bond donors (Lipinski definition) is 2. The first kappa shape index (κ1) is 21.6. The van der Waals surface area contributed by atoms with Crippen LogP contribution >= 0.6 is 0 Å². The van der Waals surface area contributed by atoms with Crippen molar-refractivity contribution in [2.24, 2.45) is 5.92 Å². The Morgan fingerprint density at radius 1 is 0.844 bits per heavy atom. The third kappa shape index (κ3) is 4.81. The van der Waals surface area contributed by atoms with E-state index in [4.69, 9.17) is 9.47 Å². The van der Waals surface area contributed by atoms with E-state index in [2.05, 4.69) is 17.4 Å². The molecule has 0 spiro atoms. The smallest absolute Gasteiger partial charge is 0.407 e. The lowest BCUT2D eigenvalue weighted by atomic mass is 9.98. The second-order valence-electron chi connectivity index (χ2n) is 7.68. The van der Waals surface area contributed by atoms with Gasteiger partial charge in [0.1, 0.15) is 13.2 Å². The van der Waals surface area contributed by atoms with Gasteiger partial charge in [-0.3, -0.25) is 4.79 Å².